The molecule has 1 aromatic heterocycles. The first-order valence-electron chi connectivity index (χ1n) is 8.93. The highest BCUT2D eigenvalue weighted by Crippen LogP contribution is 2.12. The van der Waals surface area contributed by atoms with E-state index in [2.05, 4.69) is 22.2 Å². The van der Waals surface area contributed by atoms with Crippen LogP contribution in [0.1, 0.15) is 43.7 Å². The number of nitrogens with one attached hydrogen (secondary N) is 1. The normalized spacial score (nSPS) is 10.9. The summed E-state index contributed by atoms with van der Waals surface area (Å²) in [5, 5.41) is 3.15. The number of nitrogens with two attached hydrogens (primary N) is 1. The van der Waals surface area contributed by atoms with Gasteiger partial charge in [-0.05, 0) is 23.6 Å². The number of rotatable bonds is 10. The highest BCUT2D eigenvalue weighted by Gasteiger charge is 2.00. The Hall–Kier alpha value is -1.83. The second-order valence-corrected chi connectivity index (χ2v) is 5.97. The van der Waals surface area contributed by atoms with Gasteiger partial charge in [0.15, 0.2) is 5.96 Å². The van der Waals surface area contributed by atoms with Crippen LogP contribution < -0.4 is 15.8 Å². The van der Waals surface area contributed by atoms with E-state index in [1.165, 1.54) is 19.3 Å². The van der Waals surface area contributed by atoms with Crippen molar-refractivity contribution in [1.29, 1.82) is 0 Å². The van der Waals surface area contributed by atoms with Crippen LogP contribution in [0.25, 0.3) is 0 Å². The van der Waals surface area contributed by atoms with Crippen LogP contribution in [0.5, 0.6) is 5.88 Å². The molecule has 142 valence electrons. The maximum atomic E-state index is 5.90. The molecular formula is C20H29IN4O. The van der Waals surface area contributed by atoms with Gasteiger partial charge in [0.25, 0.3) is 0 Å². The van der Waals surface area contributed by atoms with E-state index in [4.69, 9.17) is 10.5 Å². The van der Waals surface area contributed by atoms with Gasteiger partial charge in [-0.15, -0.1) is 24.0 Å². The van der Waals surface area contributed by atoms with Crippen LogP contribution in [0.2, 0.25) is 0 Å². The van der Waals surface area contributed by atoms with Crippen LogP contribution in [-0.4, -0.2) is 17.5 Å². The smallest absolute Gasteiger partial charge is 0.213 e. The van der Waals surface area contributed by atoms with Gasteiger partial charge in [0, 0.05) is 18.8 Å². The summed E-state index contributed by atoms with van der Waals surface area (Å²) >= 11 is 0. The van der Waals surface area contributed by atoms with Crippen LogP contribution in [0.15, 0.2) is 53.7 Å². The summed E-state index contributed by atoms with van der Waals surface area (Å²) in [6.07, 6.45) is 6.58. The maximum Gasteiger partial charge on any atom is 0.213 e. The first kappa shape index (κ1) is 22.2. The minimum Gasteiger partial charge on any atom is -0.473 e. The van der Waals surface area contributed by atoms with Crippen molar-refractivity contribution in [1.82, 2.24) is 10.3 Å². The first-order valence-corrected chi connectivity index (χ1v) is 8.93. The Morgan fingerprint density at radius 1 is 1.12 bits per heavy atom. The van der Waals surface area contributed by atoms with E-state index in [-0.39, 0.29) is 24.0 Å². The van der Waals surface area contributed by atoms with E-state index in [1.807, 2.05) is 42.5 Å². The second-order valence-electron chi connectivity index (χ2n) is 5.97. The van der Waals surface area contributed by atoms with Gasteiger partial charge < -0.3 is 15.8 Å². The summed E-state index contributed by atoms with van der Waals surface area (Å²) in [7, 11) is 0. The highest BCUT2D eigenvalue weighted by atomic mass is 127. The topological polar surface area (TPSA) is 72.5 Å². The van der Waals surface area contributed by atoms with Gasteiger partial charge in [0.1, 0.15) is 6.61 Å². The Kier molecular flexibility index (Phi) is 11.4. The molecule has 2 aromatic rings. The number of benzene rings is 1. The minimum absolute atomic E-state index is 0. The fraction of sp³-hybridized carbons (Fsp3) is 0.400. The van der Waals surface area contributed by atoms with Crippen molar-refractivity contribution in [3.63, 3.8) is 0 Å². The van der Waals surface area contributed by atoms with Crippen LogP contribution in [-0.2, 0) is 13.2 Å². The molecule has 0 aliphatic rings. The number of aliphatic imine (C=N–C) groups is 1. The third kappa shape index (κ3) is 9.03. The molecule has 0 spiro atoms. The Morgan fingerprint density at radius 3 is 2.69 bits per heavy atom. The summed E-state index contributed by atoms with van der Waals surface area (Å²) in [6.45, 7) is 4.09. The van der Waals surface area contributed by atoms with Gasteiger partial charge in [-0.3, -0.25) is 0 Å². The number of pyridine rings is 1. The van der Waals surface area contributed by atoms with E-state index in [0.717, 1.165) is 24.1 Å². The molecule has 0 bridgehead atoms. The zero-order valence-corrected chi connectivity index (χ0v) is 17.7. The predicted molar refractivity (Wildman–Crippen MR) is 118 cm³/mol. The van der Waals surface area contributed by atoms with Gasteiger partial charge in [-0.25, -0.2) is 9.98 Å². The average Bonchev–Trinajstić information content (AvgIpc) is 2.66. The van der Waals surface area contributed by atoms with Gasteiger partial charge in [0.2, 0.25) is 5.88 Å². The molecule has 0 atom stereocenters. The molecule has 6 heteroatoms. The number of unbranched alkanes of at least 4 members (excludes halogenated alkanes) is 3. The number of ether oxygens (including phenoxy) is 1. The number of hydrogen-bond donors (Lipinski definition) is 2. The second kappa shape index (κ2) is 13.4. The Morgan fingerprint density at radius 2 is 1.92 bits per heavy atom. The number of guanidine groups is 1. The molecule has 1 aromatic carbocycles. The van der Waals surface area contributed by atoms with Crippen LogP contribution >= 0.6 is 24.0 Å². The summed E-state index contributed by atoms with van der Waals surface area (Å²) in [5.74, 6) is 1.09. The lowest BCUT2D eigenvalue weighted by atomic mass is 10.2. The molecule has 0 unspecified atom stereocenters. The SMILES string of the molecule is CCCCCCNC(N)=NCc1ccnc(OCc2ccccc2)c1.I. The van der Waals surface area contributed by atoms with Crippen LogP contribution in [0.3, 0.4) is 0 Å². The monoisotopic (exact) mass is 468 g/mol. The zero-order chi connectivity index (χ0) is 17.7. The standard InChI is InChI=1S/C20H28N4O.HI/c1-2-3-4-8-12-23-20(21)24-15-18-11-13-22-19(14-18)25-16-17-9-6-5-7-10-17;/h5-7,9-11,13-14H,2-4,8,12,15-16H2,1H3,(H3,21,23,24);1H. The molecule has 0 saturated carbocycles. The summed E-state index contributed by atoms with van der Waals surface area (Å²) in [6, 6.07) is 13.9. The van der Waals surface area contributed by atoms with E-state index >= 15 is 0 Å². The number of nitrogens with zero attached hydrogens (tertiary/aromatic N) is 2. The Balaban J connectivity index is 0.00000338. The van der Waals surface area contributed by atoms with Crippen molar-refractivity contribution in [2.75, 3.05) is 6.54 Å². The molecule has 0 aliphatic carbocycles. The summed E-state index contributed by atoms with van der Waals surface area (Å²) < 4.78 is 5.74. The Bertz CT molecular complexity index is 649. The maximum absolute atomic E-state index is 5.90. The highest BCUT2D eigenvalue weighted by molar-refractivity contribution is 14.0. The van der Waals surface area contributed by atoms with Crippen LogP contribution in [0, 0.1) is 0 Å². The number of hydrogen-bond acceptors (Lipinski definition) is 3. The molecule has 5 nitrogen and oxygen atoms in total. The van der Waals surface area contributed by atoms with Crippen molar-refractivity contribution < 1.29 is 4.74 Å². The van der Waals surface area contributed by atoms with Crippen LogP contribution in [0.4, 0.5) is 0 Å². The molecule has 1 heterocycles. The van der Waals surface area contributed by atoms with Crippen molar-refractivity contribution in [3.8, 4) is 5.88 Å². The third-order valence-corrected chi connectivity index (χ3v) is 3.80. The van der Waals surface area contributed by atoms with Crippen molar-refractivity contribution >= 4 is 29.9 Å². The zero-order valence-electron chi connectivity index (χ0n) is 15.4. The fourth-order valence-corrected chi connectivity index (χ4v) is 2.36. The predicted octanol–water partition coefficient (Wildman–Crippen LogP) is 4.26. The lowest BCUT2D eigenvalue weighted by molar-refractivity contribution is 0.293. The summed E-state index contributed by atoms with van der Waals surface area (Å²) in [5.41, 5.74) is 8.04. The van der Waals surface area contributed by atoms with Gasteiger partial charge in [-0.2, -0.15) is 0 Å². The molecule has 0 fully saturated rings. The molecule has 0 aliphatic heterocycles. The fourth-order valence-electron chi connectivity index (χ4n) is 2.36. The molecule has 0 radical (unpaired) electrons. The van der Waals surface area contributed by atoms with Gasteiger partial charge >= 0.3 is 0 Å². The number of halogens is 1. The molecule has 0 amide bonds. The first-order chi connectivity index (χ1) is 12.3. The quantitative estimate of drug-likeness (QED) is 0.237. The molecule has 26 heavy (non-hydrogen) atoms. The molecule has 3 N–H and O–H groups in total. The van der Waals surface area contributed by atoms with Gasteiger partial charge in [0.05, 0.1) is 6.54 Å². The molecule has 2 rings (SSSR count). The lowest BCUT2D eigenvalue weighted by Gasteiger charge is -2.07. The lowest BCUT2D eigenvalue weighted by Crippen LogP contribution is -2.32. The minimum atomic E-state index is 0. The average molecular weight is 468 g/mol. The largest absolute Gasteiger partial charge is 0.473 e. The van der Waals surface area contributed by atoms with Gasteiger partial charge in [-0.1, -0.05) is 56.5 Å². The summed E-state index contributed by atoms with van der Waals surface area (Å²) in [4.78, 5) is 8.61. The molecular weight excluding hydrogens is 439 g/mol. The van der Waals surface area contributed by atoms with E-state index in [9.17, 15) is 0 Å². The Labute approximate surface area is 173 Å². The van der Waals surface area contributed by atoms with Crippen molar-refractivity contribution in [3.05, 3.63) is 59.8 Å². The van der Waals surface area contributed by atoms with E-state index in [1.54, 1.807) is 6.20 Å². The molecule has 0 saturated heterocycles. The number of aromatic nitrogens is 1. The van der Waals surface area contributed by atoms with Crippen molar-refractivity contribution in [2.45, 2.75) is 45.8 Å². The van der Waals surface area contributed by atoms with E-state index in [0.29, 0.717) is 25.0 Å². The van der Waals surface area contributed by atoms with E-state index < -0.39 is 0 Å². The third-order valence-electron chi connectivity index (χ3n) is 3.80. The van der Waals surface area contributed by atoms with Crippen molar-refractivity contribution in [2.24, 2.45) is 10.7 Å².